The molecule has 0 bridgehead atoms. The van der Waals surface area contributed by atoms with Crippen molar-refractivity contribution in [1.82, 2.24) is 24.4 Å². The number of aromatic nitrogens is 4. The van der Waals surface area contributed by atoms with Gasteiger partial charge in [-0.05, 0) is 33.1 Å². The number of rotatable bonds is 6. The molecule has 1 unspecified atom stereocenters. The van der Waals surface area contributed by atoms with Gasteiger partial charge < -0.3 is 19.5 Å². The zero-order valence-electron chi connectivity index (χ0n) is 17.1. The first kappa shape index (κ1) is 19.4. The lowest BCUT2D eigenvalue weighted by Crippen LogP contribution is -2.37. The summed E-state index contributed by atoms with van der Waals surface area (Å²) in [5, 5.41) is 3.42. The number of nitrogens with zero attached hydrogens (tertiary/aromatic N) is 5. The molecule has 1 aliphatic heterocycles. The monoisotopic (exact) mass is 396 g/mol. The second-order valence-corrected chi connectivity index (χ2v) is 7.89. The molecule has 3 heterocycles. The minimum atomic E-state index is -0.271. The molecule has 2 aliphatic rings. The third-order valence-electron chi connectivity index (χ3n) is 5.39. The molecule has 1 amide bonds. The number of amides is 1. The van der Waals surface area contributed by atoms with Crippen LogP contribution in [0, 0.1) is 6.92 Å². The van der Waals surface area contributed by atoms with E-state index in [1.54, 1.807) is 11.2 Å². The maximum atomic E-state index is 12.4. The van der Waals surface area contributed by atoms with Crippen LogP contribution in [0.25, 0.3) is 0 Å². The highest BCUT2D eigenvalue weighted by Gasteiger charge is 2.24. The van der Waals surface area contributed by atoms with Crippen LogP contribution in [-0.2, 0) is 24.2 Å². The summed E-state index contributed by atoms with van der Waals surface area (Å²) in [7, 11) is 0. The standard InChI is InChI=1S/C21H28N6O2/c1-15-4-5-18(10-15)24-20-22-11-17-13-27(8-6-19(17)25-20)21(28)29-9-3-7-26-12-16(2)23-14-26/h4,11-12,14,18H,3,5-10,13H2,1-2H3,(H,22,24,25). The fourth-order valence-corrected chi connectivity index (χ4v) is 3.82. The van der Waals surface area contributed by atoms with Gasteiger partial charge in [0.05, 0.1) is 30.9 Å². The second kappa shape index (κ2) is 8.63. The summed E-state index contributed by atoms with van der Waals surface area (Å²) in [6.07, 6.45) is 11.1. The summed E-state index contributed by atoms with van der Waals surface area (Å²) >= 11 is 0. The summed E-state index contributed by atoms with van der Waals surface area (Å²) in [6, 6.07) is 0.384. The molecular formula is C21H28N6O2. The van der Waals surface area contributed by atoms with Gasteiger partial charge in [-0.1, -0.05) is 11.6 Å². The SMILES string of the molecule is CC1=CCC(Nc2ncc3c(n2)CCN(C(=O)OCCCn2cnc(C)c2)C3)C1. The van der Waals surface area contributed by atoms with Crippen molar-refractivity contribution >= 4 is 12.0 Å². The molecule has 0 saturated carbocycles. The maximum Gasteiger partial charge on any atom is 0.410 e. The molecule has 2 aromatic heterocycles. The number of hydrogen-bond acceptors (Lipinski definition) is 6. The van der Waals surface area contributed by atoms with Crippen LogP contribution in [0.5, 0.6) is 0 Å². The smallest absolute Gasteiger partial charge is 0.410 e. The van der Waals surface area contributed by atoms with Crippen molar-refractivity contribution in [3.8, 4) is 0 Å². The Hall–Kier alpha value is -2.90. The average Bonchev–Trinajstić information content (AvgIpc) is 3.32. The van der Waals surface area contributed by atoms with Gasteiger partial charge in [0, 0.05) is 43.5 Å². The number of carbonyl (C=O) groups is 1. The highest BCUT2D eigenvalue weighted by atomic mass is 16.6. The van der Waals surface area contributed by atoms with E-state index in [4.69, 9.17) is 4.74 Å². The molecular weight excluding hydrogens is 368 g/mol. The van der Waals surface area contributed by atoms with E-state index >= 15 is 0 Å². The highest BCUT2D eigenvalue weighted by Crippen LogP contribution is 2.22. The average molecular weight is 396 g/mol. The molecule has 1 N–H and O–H groups in total. The topological polar surface area (TPSA) is 85.2 Å². The lowest BCUT2D eigenvalue weighted by atomic mass is 10.1. The molecule has 4 rings (SSSR count). The normalized spacial score (nSPS) is 18.3. The predicted molar refractivity (Wildman–Crippen MR) is 109 cm³/mol. The van der Waals surface area contributed by atoms with Crippen LogP contribution in [0.4, 0.5) is 10.7 Å². The van der Waals surface area contributed by atoms with Crippen molar-refractivity contribution in [3.05, 3.63) is 47.3 Å². The summed E-state index contributed by atoms with van der Waals surface area (Å²) in [4.78, 5) is 27.4. The fraction of sp³-hybridized carbons (Fsp3) is 0.524. The van der Waals surface area contributed by atoms with Gasteiger partial charge in [0.1, 0.15) is 0 Å². The number of aryl methyl sites for hydroxylation is 2. The molecule has 0 radical (unpaired) electrons. The lowest BCUT2D eigenvalue weighted by molar-refractivity contribution is 0.0954. The van der Waals surface area contributed by atoms with Crippen molar-refractivity contribution in [2.45, 2.75) is 58.7 Å². The van der Waals surface area contributed by atoms with Gasteiger partial charge in [0.15, 0.2) is 0 Å². The molecule has 8 nitrogen and oxygen atoms in total. The molecule has 1 aliphatic carbocycles. The summed E-state index contributed by atoms with van der Waals surface area (Å²) in [5.41, 5.74) is 4.41. The first-order valence-corrected chi connectivity index (χ1v) is 10.2. The second-order valence-electron chi connectivity index (χ2n) is 7.89. The molecule has 0 saturated heterocycles. The minimum absolute atomic E-state index is 0.271. The van der Waals surface area contributed by atoms with Crippen LogP contribution in [-0.4, -0.2) is 49.7 Å². The van der Waals surface area contributed by atoms with E-state index in [9.17, 15) is 4.79 Å². The van der Waals surface area contributed by atoms with E-state index in [2.05, 4.69) is 33.3 Å². The van der Waals surface area contributed by atoms with Gasteiger partial charge in [-0.15, -0.1) is 0 Å². The number of nitrogens with one attached hydrogen (secondary N) is 1. The minimum Gasteiger partial charge on any atom is -0.449 e. The number of fused-ring (bicyclic) bond motifs is 1. The molecule has 0 spiro atoms. The Morgan fingerprint density at radius 3 is 3.00 bits per heavy atom. The van der Waals surface area contributed by atoms with Crippen LogP contribution in [0.1, 0.15) is 43.1 Å². The van der Waals surface area contributed by atoms with Gasteiger partial charge in [0.25, 0.3) is 0 Å². The summed E-state index contributed by atoms with van der Waals surface area (Å²) in [5.74, 6) is 0.683. The zero-order valence-corrected chi connectivity index (χ0v) is 17.1. The summed E-state index contributed by atoms with van der Waals surface area (Å²) in [6.45, 7) is 6.42. The predicted octanol–water partition coefficient (Wildman–Crippen LogP) is 3.09. The Kier molecular flexibility index (Phi) is 5.78. The van der Waals surface area contributed by atoms with Gasteiger partial charge in [-0.25, -0.2) is 19.7 Å². The molecule has 1 atom stereocenters. The molecule has 154 valence electrons. The number of anilines is 1. The van der Waals surface area contributed by atoms with Crippen molar-refractivity contribution in [3.63, 3.8) is 0 Å². The molecule has 0 aromatic carbocycles. The van der Waals surface area contributed by atoms with Crippen molar-refractivity contribution in [2.75, 3.05) is 18.5 Å². The first-order valence-electron chi connectivity index (χ1n) is 10.2. The van der Waals surface area contributed by atoms with Gasteiger partial charge in [0.2, 0.25) is 5.95 Å². The molecule has 29 heavy (non-hydrogen) atoms. The number of hydrogen-bond donors (Lipinski definition) is 1. The van der Waals surface area contributed by atoms with Gasteiger partial charge >= 0.3 is 6.09 Å². The van der Waals surface area contributed by atoms with Crippen LogP contribution in [0.15, 0.2) is 30.4 Å². The Morgan fingerprint density at radius 2 is 2.24 bits per heavy atom. The van der Waals surface area contributed by atoms with Crippen molar-refractivity contribution in [2.24, 2.45) is 0 Å². The van der Waals surface area contributed by atoms with E-state index in [0.29, 0.717) is 31.7 Å². The van der Waals surface area contributed by atoms with Crippen LogP contribution >= 0.6 is 0 Å². The Bertz CT molecular complexity index is 906. The van der Waals surface area contributed by atoms with E-state index in [1.807, 2.05) is 23.9 Å². The van der Waals surface area contributed by atoms with Crippen LogP contribution < -0.4 is 5.32 Å². The van der Waals surface area contributed by atoms with E-state index in [0.717, 1.165) is 49.2 Å². The fourth-order valence-electron chi connectivity index (χ4n) is 3.82. The molecule has 8 heteroatoms. The van der Waals surface area contributed by atoms with Crippen molar-refractivity contribution in [1.29, 1.82) is 0 Å². The van der Waals surface area contributed by atoms with Crippen LogP contribution in [0.2, 0.25) is 0 Å². The first-order chi connectivity index (χ1) is 14.1. The number of ether oxygens (including phenoxy) is 1. The largest absolute Gasteiger partial charge is 0.449 e. The van der Waals surface area contributed by atoms with E-state index in [-0.39, 0.29) is 6.09 Å². The van der Waals surface area contributed by atoms with E-state index < -0.39 is 0 Å². The lowest BCUT2D eigenvalue weighted by Gasteiger charge is -2.27. The summed E-state index contributed by atoms with van der Waals surface area (Å²) < 4.78 is 7.45. The third-order valence-corrected chi connectivity index (χ3v) is 5.39. The van der Waals surface area contributed by atoms with Crippen LogP contribution in [0.3, 0.4) is 0 Å². The Morgan fingerprint density at radius 1 is 1.34 bits per heavy atom. The van der Waals surface area contributed by atoms with Gasteiger partial charge in [-0.2, -0.15) is 0 Å². The maximum absolute atomic E-state index is 12.4. The number of carbonyl (C=O) groups excluding carboxylic acids is 1. The highest BCUT2D eigenvalue weighted by molar-refractivity contribution is 5.68. The third kappa shape index (κ3) is 4.93. The Balaban J connectivity index is 1.24. The Labute approximate surface area is 171 Å². The van der Waals surface area contributed by atoms with E-state index in [1.165, 1.54) is 5.57 Å². The van der Waals surface area contributed by atoms with Crippen molar-refractivity contribution < 1.29 is 9.53 Å². The van der Waals surface area contributed by atoms with Gasteiger partial charge in [-0.3, -0.25) is 0 Å². The zero-order chi connectivity index (χ0) is 20.2. The molecule has 0 fully saturated rings. The number of imidazole rings is 1. The molecule has 2 aromatic rings. The quantitative estimate of drug-likeness (QED) is 0.597.